The lowest BCUT2D eigenvalue weighted by molar-refractivity contribution is -0.142. The van der Waals surface area contributed by atoms with Crippen LogP contribution in [-0.4, -0.2) is 62.3 Å². The molecule has 7 heteroatoms. The van der Waals surface area contributed by atoms with Gasteiger partial charge in [0.1, 0.15) is 6.04 Å². The van der Waals surface area contributed by atoms with Crippen molar-refractivity contribution in [3.63, 3.8) is 0 Å². The van der Waals surface area contributed by atoms with Gasteiger partial charge in [0.25, 0.3) is 0 Å². The molecule has 0 radical (unpaired) electrons. The average molecular weight is 354 g/mol. The van der Waals surface area contributed by atoms with Crippen LogP contribution in [0.4, 0.5) is 0 Å². The number of hydrogen-bond donors (Lipinski definition) is 2. The summed E-state index contributed by atoms with van der Waals surface area (Å²) in [5.74, 6) is 0.237. The number of rotatable bonds is 1. The summed E-state index contributed by atoms with van der Waals surface area (Å²) in [6.07, 6.45) is 4.88. The number of hydrogen-bond acceptors (Lipinski definition) is 4. The Morgan fingerprint density at radius 3 is 2.32 bits per heavy atom. The minimum absolute atomic E-state index is 0. The highest BCUT2D eigenvalue weighted by Gasteiger charge is 2.39. The van der Waals surface area contributed by atoms with Gasteiger partial charge in [-0.25, -0.2) is 0 Å². The van der Waals surface area contributed by atoms with Crippen molar-refractivity contribution in [2.45, 2.75) is 44.8 Å². The zero-order valence-corrected chi connectivity index (χ0v) is 14.9. The number of carbonyl (C=O) groups is 1. The van der Waals surface area contributed by atoms with E-state index >= 15 is 0 Å². The highest BCUT2D eigenvalue weighted by atomic mass is 35.5. The predicted octanol–water partition coefficient (Wildman–Crippen LogP) is 1.20. The lowest BCUT2D eigenvalue weighted by Gasteiger charge is -2.45. The molecule has 3 fully saturated rings. The molecule has 130 valence electrons. The van der Waals surface area contributed by atoms with Crippen LogP contribution in [0.5, 0.6) is 0 Å². The summed E-state index contributed by atoms with van der Waals surface area (Å²) in [5, 5.41) is 6.75. The third kappa shape index (κ3) is 4.26. The molecular weight excluding hydrogens is 325 g/mol. The minimum Gasteiger partial charge on any atom is -0.375 e. The van der Waals surface area contributed by atoms with Gasteiger partial charge >= 0.3 is 0 Å². The van der Waals surface area contributed by atoms with Gasteiger partial charge in [-0.05, 0) is 51.1 Å². The third-order valence-electron chi connectivity index (χ3n) is 5.38. The molecule has 0 aromatic carbocycles. The second kappa shape index (κ2) is 8.69. The van der Waals surface area contributed by atoms with Crippen LogP contribution in [-0.2, 0) is 9.53 Å². The van der Waals surface area contributed by atoms with Crippen molar-refractivity contribution >= 4 is 30.7 Å². The fourth-order valence-corrected chi connectivity index (χ4v) is 3.86. The van der Waals surface area contributed by atoms with Gasteiger partial charge in [0, 0.05) is 19.6 Å². The minimum atomic E-state index is -0.147. The zero-order valence-electron chi connectivity index (χ0n) is 13.3. The van der Waals surface area contributed by atoms with Crippen molar-refractivity contribution in [3.8, 4) is 0 Å². The van der Waals surface area contributed by atoms with E-state index in [-0.39, 0.29) is 42.9 Å². The molecule has 2 atom stereocenters. The van der Waals surface area contributed by atoms with Gasteiger partial charge in [-0.1, -0.05) is 0 Å². The smallest absolute Gasteiger partial charge is 0.242 e. The van der Waals surface area contributed by atoms with Gasteiger partial charge in [0.2, 0.25) is 5.91 Å². The summed E-state index contributed by atoms with van der Waals surface area (Å²) < 4.78 is 5.59. The number of halogens is 2. The van der Waals surface area contributed by atoms with Crippen LogP contribution >= 0.6 is 24.8 Å². The van der Waals surface area contributed by atoms with E-state index < -0.39 is 0 Å². The van der Waals surface area contributed by atoms with E-state index in [4.69, 9.17) is 4.74 Å². The van der Waals surface area contributed by atoms with Crippen molar-refractivity contribution in [1.29, 1.82) is 0 Å². The summed E-state index contributed by atoms with van der Waals surface area (Å²) >= 11 is 0. The molecule has 0 unspecified atom stereocenters. The van der Waals surface area contributed by atoms with E-state index in [1.807, 2.05) is 6.92 Å². The Labute approximate surface area is 145 Å². The Kier molecular flexibility index (Phi) is 7.89. The SMILES string of the molecule is C[C@H]1OCCN[C@@H]1C(=O)N1CCC2(CCNCC2)CC1.Cl.Cl. The van der Waals surface area contributed by atoms with Crippen molar-refractivity contribution in [3.05, 3.63) is 0 Å². The Bertz CT molecular complexity index is 355. The van der Waals surface area contributed by atoms with E-state index in [0.717, 1.165) is 32.7 Å². The lowest BCUT2D eigenvalue weighted by atomic mass is 9.71. The summed E-state index contributed by atoms with van der Waals surface area (Å²) in [6, 6.07) is -0.147. The Morgan fingerprint density at radius 2 is 1.73 bits per heavy atom. The topological polar surface area (TPSA) is 53.6 Å². The van der Waals surface area contributed by atoms with Gasteiger partial charge in [0.05, 0.1) is 12.7 Å². The number of piperidine rings is 2. The second-order valence-corrected chi connectivity index (χ2v) is 6.58. The van der Waals surface area contributed by atoms with Crippen LogP contribution in [0, 0.1) is 5.41 Å². The van der Waals surface area contributed by atoms with Gasteiger partial charge in [-0.2, -0.15) is 0 Å². The Balaban J connectivity index is 0.00000121. The fourth-order valence-electron chi connectivity index (χ4n) is 3.86. The molecule has 1 amide bonds. The zero-order chi connectivity index (χ0) is 14.0. The molecule has 3 saturated heterocycles. The van der Waals surface area contributed by atoms with E-state index in [2.05, 4.69) is 15.5 Å². The molecule has 3 rings (SSSR count). The maximum Gasteiger partial charge on any atom is 0.242 e. The maximum atomic E-state index is 12.6. The van der Waals surface area contributed by atoms with Gasteiger partial charge in [-0.15, -0.1) is 24.8 Å². The molecule has 0 saturated carbocycles. The van der Waals surface area contributed by atoms with E-state index in [0.29, 0.717) is 12.0 Å². The Morgan fingerprint density at radius 1 is 1.09 bits per heavy atom. The van der Waals surface area contributed by atoms with Crippen molar-refractivity contribution in [1.82, 2.24) is 15.5 Å². The largest absolute Gasteiger partial charge is 0.375 e. The van der Waals surface area contributed by atoms with Crippen LogP contribution in [0.25, 0.3) is 0 Å². The quantitative estimate of drug-likeness (QED) is 0.743. The molecular formula is C15H29Cl2N3O2. The van der Waals surface area contributed by atoms with Crippen molar-refractivity contribution in [2.24, 2.45) is 5.41 Å². The molecule has 1 spiro atoms. The lowest BCUT2D eigenvalue weighted by Crippen LogP contribution is -2.58. The van der Waals surface area contributed by atoms with Crippen LogP contribution in [0.1, 0.15) is 32.6 Å². The molecule has 5 nitrogen and oxygen atoms in total. The number of nitrogens with zero attached hydrogens (tertiary/aromatic N) is 1. The van der Waals surface area contributed by atoms with E-state index in [1.54, 1.807) is 0 Å². The van der Waals surface area contributed by atoms with Crippen molar-refractivity contribution in [2.75, 3.05) is 39.3 Å². The monoisotopic (exact) mass is 353 g/mol. The van der Waals surface area contributed by atoms with Crippen LogP contribution in [0.15, 0.2) is 0 Å². The van der Waals surface area contributed by atoms with Crippen LogP contribution < -0.4 is 10.6 Å². The standard InChI is InChI=1S/C15H27N3O2.2ClH/c1-12-13(17-8-11-20-12)14(19)18-9-4-15(5-10-18)2-6-16-7-3-15;;/h12-13,16-17H,2-11H2,1H3;2*1H/t12-,13+;;/m1../s1. The summed E-state index contributed by atoms with van der Waals surface area (Å²) in [6.45, 7) is 7.61. The second-order valence-electron chi connectivity index (χ2n) is 6.58. The summed E-state index contributed by atoms with van der Waals surface area (Å²) in [5.41, 5.74) is 0.504. The predicted molar refractivity (Wildman–Crippen MR) is 92.1 cm³/mol. The van der Waals surface area contributed by atoms with Crippen molar-refractivity contribution < 1.29 is 9.53 Å². The average Bonchev–Trinajstić information content (AvgIpc) is 2.49. The molecule has 22 heavy (non-hydrogen) atoms. The first-order chi connectivity index (χ1) is 9.70. The summed E-state index contributed by atoms with van der Waals surface area (Å²) in [4.78, 5) is 14.7. The first-order valence-corrected chi connectivity index (χ1v) is 8.05. The number of carbonyl (C=O) groups excluding carboxylic acids is 1. The number of nitrogens with one attached hydrogen (secondary N) is 2. The normalized spacial score (nSPS) is 31.0. The van der Waals surface area contributed by atoms with Crippen LogP contribution in [0.2, 0.25) is 0 Å². The molecule has 0 bridgehead atoms. The highest BCUT2D eigenvalue weighted by molar-refractivity contribution is 5.85. The van der Waals surface area contributed by atoms with Gasteiger partial charge in [0.15, 0.2) is 0 Å². The first kappa shape index (κ1) is 20.0. The molecule has 3 aliphatic rings. The Hall–Kier alpha value is -0.0700. The third-order valence-corrected chi connectivity index (χ3v) is 5.38. The number of ether oxygens (including phenoxy) is 1. The molecule has 0 aliphatic carbocycles. The molecule has 0 aromatic rings. The molecule has 0 aromatic heterocycles. The molecule has 3 aliphatic heterocycles. The van der Waals surface area contributed by atoms with Crippen LogP contribution in [0.3, 0.4) is 0 Å². The van der Waals surface area contributed by atoms with Gasteiger partial charge in [-0.3, -0.25) is 4.79 Å². The van der Waals surface area contributed by atoms with Gasteiger partial charge < -0.3 is 20.3 Å². The summed E-state index contributed by atoms with van der Waals surface area (Å²) in [7, 11) is 0. The highest BCUT2D eigenvalue weighted by Crippen LogP contribution is 2.39. The fraction of sp³-hybridized carbons (Fsp3) is 0.933. The molecule has 3 heterocycles. The first-order valence-electron chi connectivity index (χ1n) is 8.05. The van der Waals surface area contributed by atoms with E-state index in [9.17, 15) is 4.79 Å². The molecule has 2 N–H and O–H groups in total. The number of morpholine rings is 1. The maximum absolute atomic E-state index is 12.6. The van der Waals surface area contributed by atoms with E-state index in [1.165, 1.54) is 25.7 Å². The number of amides is 1. The number of likely N-dealkylation sites (tertiary alicyclic amines) is 1.